The van der Waals surface area contributed by atoms with Gasteiger partial charge in [0, 0.05) is 36.7 Å². The SMILES string of the molecule is O=C(CCN1CCCCC1)NN1C(=O)C(=Cc2ccc(-c3ccc([N+](=O)[O-])cc3)o2)SC1=S. The highest BCUT2D eigenvalue weighted by Gasteiger charge is 2.34. The maximum Gasteiger partial charge on any atom is 0.285 e. The number of nitro benzene ring substituents is 1. The molecule has 1 aromatic heterocycles. The van der Waals surface area contributed by atoms with Crippen LogP contribution in [0.4, 0.5) is 5.69 Å². The van der Waals surface area contributed by atoms with E-state index in [0.29, 0.717) is 35.0 Å². The zero-order valence-corrected chi connectivity index (χ0v) is 19.3. The molecule has 0 unspecified atom stereocenters. The highest BCUT2D eigenvalue weighted by Crippen LogP contribution is 2.33. The molecule has 1 aromatic carbocycles. The number of non-ortho nitro benzene ring substituents is 1. The lowest BCUT2D eigenvalue weighted by molar-refractivity contribution is -0.384. The summed E-state index contributed by atoms with van der Waals surface area (Å²) in [5.41, 5.74) is 3.28. The molecule has 2 amide bonds. The number of thiocarbonyl (C=S) groups is 1. The van der Waals surface area contributed by atoms with Crippen molar-refractivity contribution in [1.29, 1.82) is 0 Å². The van der Waals surface area contributed by atoms with Gasteiger partial charge in [0.2, 0.25) is 5.91 Å². The highest BCUT2D eigenvalue weighted by atomic mass is 32.2. The molecule has 11 heteroatoms. The lowest BCUT2D eigenvalue weighted by Gasteiger charge is -2.26. The fraction of sp³-hybridized carbons (Fsp3) is 0.318. The van der Waals surface area contributed by atoms with Gasteiger partial charge in [0.1, 0.15) is 11.5 Å². The van der Waals surface area contributed by atoms with Gasteiger partial charge in [-0.05, 0) is 62.4 Å². The summed E-state index contributed by atoms with van der Waals surface area (Å²) in [6.45, 7) is 2.67. The van der Waals surface area contributed by atoms with E-state index in [1.807, 2.05) is 0 Å². The van der Waals surface area contributed by atoms with Gasteiger partial charge in [-0.2, -0.15) is 5.01 Å². The average Bonchev–Trinajstić information content (AvgIpc) is 3.39. The van der Waals surface area contributed by atoms with E-state index in [9.17, 15) is 19.7 Å². The molecule has 0 aliphatic carbocycles. The number of hydrogen-bond acceptors (Lipinski definition) is 8. The standard InChI is InChI=1S/C22H22N4O5S2/c27-20(10-13-24-11-2-1-3-12-24)23-25-21(28)19(33-22(25)32)14-17-8-9-18(31-17)15-4-6-16(7-5-15)26(29)30/h4-9,14H,1-3,10-13H2,(H,23,27). The Morgan fingerprint density at radius 1 is 1.18 bits per heavy atom. The Hall–Kier alpha value is -3.02. The Morgan fingerprint density at radius 2 is 1.91 bits per heavy atom. The largest absolute Gasteiger partial charge is 0.457 e. The first-order valence-electron chi connectivity index (χ1n) is 10.6. The van der Waals surface area contributed by atoms with Crippen LogP contribution in [0.3, 0.4) is 0 Å². The number of piperidine rings is 1. The molecule has 0 atom stereocenters. The van der Waals surface area contributed by atoms with Gasteiger partial charge in [-0.15, -0.1) is 0 Å². The maximum absolute atomic E-state index is 12.8. The lowest BCUT2D eigenvalue weighted by atomic mass is 10.1. The monoisotopic (exact) mass is 486 g/mol. The smallest absolute Gasteiger partial charge is 0.285 e. The third kappa shape index (κ3) is 5.67. The Balaban J connectivity index is 1.37. The Labute approximate surface area is 199 Å². The molecule has 2 aromatic rings. The molecule has 172 valence electrons. The van der Waals surface area contributed by atoms with Crippen molar-refractivity contribution in [2.24, 2.45) is 0 Å². The number of benzene rings is 1. The third-order valence-electron chi connectivity index (χ3n) is 5.40. The van der Waals surface area contributed by atoms with Gasteiger partial charge >= 0.3 is 0 Å². The molecule has 0 radical (unpaired) electrons. The number of nitrogens with zero attached hydrogens (tertiary/aromatic N) is 3. The molecule has 2 aliphatic heterocycles. The minimum atomic E-state index is -0.466. The number of rotatable bonds is 7. The van der Waals surface area contributed by atoms with Gasteiger partial charge in [0.25, 0.3) is 11.6 Å². The van der Waals surface area contributed by atoms with Crippen LogP contribution in [0.5, 0.6) is 0 Å². The van der Waals surface area contributed by atoms with Crippen molar-refractivity contribution in [1.82, 2.24) is 15.3 Å². The van der Waals surface area contributed by atoms with E-state index in [1.54, 1.807) is 30.3 Å². The number of thioether (sulfide) groups is 1. The van der Waals surface area contributed by atoms with E-state index >= 15 is 0 Å². The molecule has 0 spiro atoms. The van der Waals surface area contributed by atoms with Crippen LogP contribution < -0.4 is 5.43 Å². The predicted molar refractivity (Wildman–Crippen MR) is 129 cm³/mol. The molecule has 0 bridgehead atoms. The molecular formula is C22H22N4O5S2. The van der Waals surface area contributed by atoms with Crippen molar-refractivity contribution in [2.45, 2.75) is 25.7 Å². The van der Waals surface area contributed by atoms with E-state index in [0.717, 1.165) is 42.7 Å². The van der Waals surface area contributed by atoms with Crippen molar-refractivity contribution >= 4 is 51.9 Å². The molecule has 9 nitrogen and oxygen atoms in total. The summed E-state index contributed by atoms with van der Waals surface area (Å²) in [5, 5.41) is 11.9. The second-order valence-corrected chi connectivity index (χ2v) is 9.39. The highest BCUT2D eigenvalue weighted by molar-refractivity contribution is 8.26. The van der Waals surface area contributed by atoms with Crippen molar-refractivity contribution < 1.29 is 18.9 Å². The number of likely N-dealkylation sites (tertiary alicyclic amines) is 1. The lowest BCUT2D eigenvalue weighted by Crippen LogP contribution is -2.46. The number of nitrogens with one attached hydrogen (secondary N) is 1. The van der Waals surface area contributed by atoms with E-state index in [4.69, 9.17) is 16.6 Å². The summed E-state index contributed by atoms with van der Waals surface area (Å²) < 4.78 is 6.02. The number of hydrogen-bond donors (Lipinski definition) is 1. The minimum Gasteiger partial charge on any atom is -0.457 e. The average molecular weight is 487 g/mol. The van der Waals surface area contributed by atoms with Gasteiger partial charge in [-0.25, -0.2) is 0 Å². The summed E-state index contributed by atoms with van der Waals surface area (Å²) in [4.78, 5) is 38.0. The number of nitro groups is 1. The van der Waals surface area contributed by atoms with E-state index < -0.39 is 10.8 Å². The molecule has 33 heavy (non-hydrogen) atoms. The molecule has 3 heterocycles. The fourth-order valence-electron chi connectivity index (χ4n) is 3.65. The van der Waals surface area contributed by atoms with Crippen molar-refractivity contribution in [3.8, 4) is 11.3 Å². The van der Waals surface area contributed by atoms with Crippen LogP contribution in [0, 0.1) is 10.1 Å². The normalized spacial score (nSPS) is 18.2. The topological polar surface area (TPSA) is 109 Å². The van der Waals surface area contributed by atoms with Crippen LogP contribution in [0.15, 0.2) is 45.7 Å². The summed E-state index contributed by atoms with van der Waals surface area (Å²) >= 11 is 6.35. The summed E-state index contributed by atoms with van der Waals surface area (Å²) in [6.07, 6.45) is 5.40. The van der Waals surface area contributed by atoms with Crippen LogP contribution in [-0.2, 0) is 9.59 Å². The number of furan rings is 1. The molecule has 4 rings (SSSR count). The first kappa shape index (κ1) is 23.1. The van der Waals surface area contributed by atoms with E-state index in [2.05, 4.69) is 10.3 Å². The second-order valence-electron chi connectivity index (χ2n) is 7.71. The summed E-state index contributed by atoms with van der Waals surface area (Å²) in [5.74, 6) is 0.277. The van der Waals surface area contributed by atoms with Gasteiger partial charge in [0.15, 0.2) is 4.32 Å². The quantitative estimate of drug-likeness (QED) is 0.271. The zero-order chi connectivity index (χ0) is 23.4. The summed E-state index contributed by atoms with van der Waals surface area (Å²) in [7, 11) is 0. The predicted octanol–water partition coefficient (Wildman–Crippen LogP) is 3.96. The van der Waals surface area contributed by atoms with Gasteiger partial charge in [0.05, 0.1) is 9.83 Å². The number of amides is 2. The fourth-order valence-corrected chi connectivity index (χ4v) is 4.81. The Bertz CT molecular complexity index is 1110. The molecule has 1 N–H and O–H groups in total. The van der Waals surface area contributed by atoms with Gasteiger partial charge in [-0.3, -0.25) is 25.1 Å². The number of carbonyl (C=O) groups excluding carboxylic acids is 2. The van der Waals surface area contributed by atoms with Crippen molar-refractivity contribution in [3.63, 3.8) is 0 Å². The van der Waals surface area contributed by atoms with E-state index in [1.165, 1.54) is 18.6 Å². The summed E-state index contributed by atoms with van der Waals surface area (Å²) in [6, 6.07) is 9.41. The zero-order valence-electron chi connectivity index (χ0n) is 17.7. The first-order chi connectivity index (χ1) is 15.9. The van der Waals surface area contributed by atoms with E-state index in [-0.39, 0.29) is 15.9 Å². The third-order valence-corrected chi connectivity index (χ3v) is 6.70. The molecule has 2 saturated heterocycles. The van der Waals surface area contributed by atoms with Crippen LogP contribution in [0.25, 0.3) is 17.4 Å². The molecule has 2 fully saturated rings. The molecular weight excluding hydrogens is 464 g/mol. The minimum absolute atomic E-state index is 0.00724. The second kappa shape index (κ2) is 10.3. The van der Waals surface area contributed by atoms with Crippen LogP contribution in [0.1, 0.15) is 31.4 Å². The molecule has 0 saturated carbocycles. The Kier molecular flexibility index (Phi) is 7.21. The van der Waals surface area contributed by atoms with Crippen LogP contribution >= 0.6 is 24.0 Å². The first-order valence-corrected chi connectivity index (χ1v) is 11.8. The Morgan fingerprint density at radius 3 is 2.61 bits per heavy atom. The van der Waals surface area contributed by atoms with Crippen LogP contribution in [0.2, 0.25) is 0 Å². The van der Waals surface area contributed by atoms with Gasteiger partial charge in [-0.1, -0.05) is 18.2 Å². The number of hydrazine groups is 1. The maximum atomic E-state index is 12.8. The van der Waals surface area contributed by atoms with Crippen molar-refractivity contribution in [2.75, 3.05) is 19.6 Å². The van der Waals surface area contributed by atoms with Crippen LogP contribution in [-0.4, -0.2) is 50.6 Å². The van der Waals surface area contributed by atoms with Crippen molar-refractivity contribution in [3.05, 3.63) is 57.2 Å². The molecule has 2 aliphatic rings. The number of carbonyl (C=O) groups is 2. The van der Waals surface area contributed by atoms with Gasteiger partial charge < -0.3 is 9.32 Å².